The van der Waals surface area contributed by atoms with E-state index in [2.05, 4.69) is 42.5 Å². The number of quaternary nitrogens is 2. The molecule has 0 aliphatic carbocycles. The smallest absolute Gasteiger partial charge is 0.272 e. The van der Waals surface area contributed by atoms with Gasteiger partial charge in [-0.15, -0.1) is 0 Å². The van der Waals surface area contributed by atoms with Gasteiger partial charge in [0.25, 0.3) is 5.91 Å². The molecule has 1 aliphatic rings. The van der Waals surface area contributed by atoms with Crippen molar-refractivity contribution in [3.8, 4) is 0 Å². The number of nitrogens with one attached hydrogen (secondary N) is 2. The van der Waals surface area contributed by atoms with Crippen LogP contribution in [-0.2, 0) is 11.3 Å². The Morgan fingerprint density at radius 3 is 2.38 bits per heavy atom. The molecule has 3 rings (SSSR count). The van der Waals surface area contributed by atoms with Crippen LogP contribution in [0.4, 0.5) is 0 Å². The lowest BCUT2D eigenvalue weighted by Crippen LogP contribution is -3.28. The standard InChI is InChI=1S/C17H21N3O/c18-17(21)13-20-10-8-19(9-11-20)12-15-6-3-5-14-4-1-2-7-16(14)15/h1-7H,8-13H2,(H2,18,21)/p+2. The van der Waals surface area contributed by atoms with Crippen molar-refractivity contribution in [1.29, 1.82) is 0 Å². The van der Waals surface area contributed by atoms with Crippen LogP contribution in [0.15, 0.2) is 42.5 Å². The Bertz CT molecular complexity index is 627. The number of primary amides is 1. The summed E-state index contributed by atoms with van der Waals surface area (Å²) in [6, 6.07) is 15.1. The molecule has 4 N–H and O–H groups in total. The molecule has 0 atom stereocenters. The molecular formula is C17H23N3O+2. The number of hydrogen-bond donors (Lipinski definition) is 3. The normalized spacial score (nSPS) is 22.3. The van der Waals surface area contributed by atoms with Crippen molar-refractivity contribution in [3.05, 3.63) is 48.0 Å². The maximum absolute atomic E-state index is 11.0. The zero-order valence-corrected chi connectivity index (χ0v) is 12.3. The van der Waals surface area contributed by atoms with E-state index in [-0.39, 0.29) is 5.91 Å². The summed E-state index contributed by atoms with van der Waals surface area (Å²) in [5.74, 6) is -0.192. The van der Waals surface area contributed by atoms with Gasteiger partial charge in [0.1, 0.15) is 32.7 Å². The van der Waals surface area contributed by atoms with E-state index in [1.54, 1.807) is 4.90 Å². The Labute approximate surface area is 125 Å². The van der Waals surface area contributed by atoms with Gasteiger partial charge in [0.05, 0.1) is 0 Å². The van der Waals surface area contributed by atoms with E-state index in [4.69, 9.17) is 5.73 Å². The van der Waals surface area contributed by atoms with Crippen molar-refractivity contribution in [3.63, 3.8) is 0 Å². The summed E-state index contributed by atoms with van der Waals surface area (Å²) in [4.78, 5) is 13.9. The minimum atomic E-state index is -0.192. The average Bonchev–Trinajstić information content (AvgIpc) is 2.49. The van der Waals surface area contributed by atoms with Gasteiger partial charge in [0.15, 0.2) is 6.54 Å². The highest BCUT2D eigenvalue weighted by Gasteiger charge is 2.24. The molecule has 4 heteroatoms. The highest BCUT2D eigenvalue weighted by molar-refractivity contribution is 5.85. The van der Waals surface area contributed by atoms with Crippen LogP contribution >= 0.6 is 0 Å². The quantitative estimate of drug-likeness (QED) is 0.636. The third-order valence-electron chi connectivity index (χ3n) is 4.41. The summed E-state index contributed by atoms with van der Waals surface area (Å²) < 4.78 is 0. The minimum absolute atomic E-state index is 0.192. The predicted octanol–water partition coefficient (Wildman–Crippen LogP) is -1.39. The van der Waals surface area contributed by atoms with Gasteiger partial charge in [-0.1, -0.05) is 42.5 Å². The largest absolute Gasteiger partial charge is 0.365 e. The number of carbonyl (C=O) groups is 1. The van der Waals surface area contributed by atoms with E-state index < -0.39 is 0 Å². The fraction of sp³-hybridized carbons (Fsp3) is 0.353. The van der Waals surface area contributed by atoms with E-state index in [9.17, 15) is 4.79 Å². The summed E-state index contributed by atoms with van der Waals surface area (Å²) in [6.07, 6.45) is 0. The van der Waals surface area contributed by atoms with Crippen molar-refractivity contribution in [2.75, 3.05) is 32.7 Å². The Balaban J connectivity index is 1.66. The van der Waals surface area contributed by atoms with Crippen LogP contribution in [0, 0.1) is 0 Å². The molecule has 1 fully saturated rings. The second-order valence-corrected chi connectivity index (χ2v) is 5.96. The first kappa shape index (κ1) is 14.0. The van der Waals surface area contributed by atoms with Gasteiger partial charge in [-0.25, -0.2) is 0 Å². The van der Waals surface area contributed by atoms with Crippen molar-refractivity contribution in [2.24, 2.45) is 5.73 Å². The summed E-state index contributed by atoms with van der Waals surface area (Å²) in [7, 11) is 0. The van der Waals surface area contributed by atoms with Crippen LogP contribution in [0.5, 0.6) is 0 Å². The highest BCUT2D eigenvalue weighted by atomic mass is 16.1. The molecule has 0 spiro atoms. The Hall–Kier alpha value is -1.91. The molecule has 0 radical (unpaired) electrons. The minimum Gasteiger partial charge on any atom is -0.365 e. The summed E-state index contributed by atoms with van der Waals surface area (Å²) in [5, 5.41) is 2.67. The van der Waals surface area contributed by atoms with Crippen LogP contribution in [0.3, 0.4) is 0 Å². The van der Waals surface area contributed by atoms with Crippen molar-refractivity contribution in [1.82, 2.24) is 0 Å². The van der Waals surface area contributed by atoms with E-state index in [0.29, 0.717) is 6.54 Å². The first-order chi connectivity index (χ1) is 10.2. The lowest BCUT2D eigenvalue weighted by molar-refractivity contribution is -1.01. The molecule has 1 aliphatic heterocycles. The number of benzene rings is 2. The van der Waals surface area contributed by atoms with Gasteiger partial charge in [0, 0.05) is 5.56 Å². The number of nitrogens with two attached hydrogens (primary N) is 1. The number of piperazine rings is 1. The number of rotatable bonds is 4. The first-order valence-corrected chi connectivity index (χ1v) is 7.64. The van der Waals surface area contributed by atoms with E-state index in [1.165, 1.54) is 21.2 Å². The van der Waals surface area contributed by atoms with Gasteiger partial charge >= 0.3 is 0 Å². The van der Waals surface area contributed by atoms with Crippen molar-refractivity contribution < 1.29 is 14.6 Å². The Kier molecular flexibility index (Phi) is 4.18. The van der Waals surface area contributed by atoms with Crippen LogP contribution in [0.25, 0.3) is 10.8 Å². The molecule has 1 amide bonds. The van der Waals surface area contributed by atoms with Crippen LogP contribution in [0.1, 0.15) is 5.56 Å². The molecule has 2 aromatic carbocycles. The van der Waals surface area contributed by atoms with Crippen molar-refractivity contribution >= 4 is 16.7 Å². The molecule has 4 nitrogen and oxygen atoms in total. The van der Waals surface area contributed by atoms with E-state index >= 15 is 0 Å². The molecule has 0 aromatic heterocycles. The van der Waals surface area contributed by atoms with Gasteiger partial charge < -0.3 is 15.5 Å². The number of amides is 1. The summed E-state index contributed by atoms with van der Waals surface area (Å²) in [5.41, 5.74) is 6.70. The van der Waals surface area contributed by atoms with Gasteiger partial charge in [0.2, 0.25) is 0 Å². The monoisotopic (exact) mass is 285 g/mol. The van der Waals surface area contributed by atoms with E-state index in [1.807, 2.05) is 0 Å². The molecular weight excluding hydrogens is 262 g/mol. The Morgan fingerprint density at radius 1 is 0.952 bits per heavy atom. The molecule has 0 bridgehead atoms. The third-order valence-corrected chi connectivity index (χ3v) is 4.41. The number of carbonyl (C=O) groups excluding carboxylic acids is 1. The second-order valence-electron chi connectivity index (χ2n) is 5.96. The lowest BCUT2D eigenvalue weighted by Gasteiger charge is -2.29. The molecule has 21 heavy (non-hydrogen) atoms. The molecule has 1 saturated heterocycles. The molecule has 110 valence electrons. The molecule has 0 saturated carbocycles. The fourth-order valence-electron chi connectivity index (χ4n) is 3.27. The SMILES string of the molecule is NC(=O)C[NH+]1CC[NH+](Cc2cccc3ccccc23)CC1. The molecule has 1 heterocycles. The number of fused-ring (bicyclic) bond motifs is 1. The zero-order chi connectivity index (χ0) is 14.7. The van der Waals surface area contributed by atoms with Crippen LogP contribution in [-0.4, -0.2) is 38.6 Å². The Morgan fingerprint density at radius 2 is 1.62 bits per heavy atom. The van der Waals surface area contributed by atoms with Gasteiger partial charge in [-0.3, -0.25) is 4.79 Å². The maximum Gasteiger partial charge on any atom is 0.272 e. The molecule has 2 aromatic rings. The van der Waals surface area contributed by atoms with E-state index in [0.717, 1.165) is 32.7 Å². The first-order valence-electron chi connectivity index (χ1n) is 7.64. The maximum atomic E-state index is 11.0. The summed E-state index contributed by atoms with van der Waals surface area (Å²) >= 11 is 0. The lowest BCUT2D eigenvalue weighted by atomic mass is 10.0. The van der Waals surface area contributed by atoms with Crippen LogP contribution < -0.4 is 15.5 Å². The third kappa shape index (κ3) is 3.40. The fourth-order valence-corrected chi connectivity index (χ4v) is 3.27. The molecule has 0 unspecified atom stereocenters. The predicted molar refractivity (Wildman–Crippen MR) is 83.1 cm³/mol. The highest BCUT2D eigenvalue weighted by Crippen LogP contribution is 2.17. The van der Waals surface area contributed by atoms with Crippen LogP contribution in [0.2, 0.25) is 0 Å². The van der Waals surface area contributed by atoms with Crippen molar-refractivity contribution in [2.45, 2.75) is 6.54 Å². The topological polar surface area (TPSA) is 52.0 Å². The van der Waals surface area contributed by atoms with Gasteiger partial charge in [-0.05, 0) is 10.8 Å². The second kappa shape index (κ2) is 6.24. The zero-order valence-electron chi connectivity index (χ0n) is 12.3. The van der Waals surface area contributed by atoms with Gasteiger partial charge in [-0.2, -0.15) is 0 Å². The average molecular weight is 285 g/mol. The summed E-state index contributed by atoms with van der Waals surface area (Å²) in [6.45, 7) is 5.80. The number of hydrogen-bond acceptors (Lipinski definition) is 1.